The van der Waals surface area contributed by atoms with Crippen molar-refractivity contribution in [3.63, 3.8) is 0 Å². The third kappa shape index (κ3) is 2.77. The number of allylic oxidation sites excluding steroid dienone is 1. The fourth-order valence-corrected chi connectivity index (χ4v) is 6.72. The number of carbonyl (C=O) groups is 3. The monoisotopic (exact) mass is 413 g/mol. The van der Waals surface area contributed by atoms with Crippen LogP contribution in [0.25, 0.3) is 0 Å². The second-order valence-corrected chi connectivity index (χ2v) is 9.25. The Labute approximate surface area is 167 Å². The highest BCUT2D eigenvalue weighted by molar-refractivity contribution is 6.06. The molecule has 0 unspecified atom stereocenters. The number of hydrogen-bond donors (Lipinski definition) is 0. The van der Waals surface area contributed by atoms with Crippen LogP contribution in [0.5, 0.6) is 0 Å². The van der Waals surface area contributed by atoms with E-state index in [1.165, 1.54) is 7.11 Å². The van der Waals surface area contributed by atoms with Crippen molar-refractivity contribution in [3.05, 3.63) is 12.2 Å². The first-order chi connectivity index (χ1) is 13.6. The van der Waals surface area contributed by atoms with Crippen LogP contribution in [-0.2, 0) is 19.1 Å². The van der Waals surface area contributed by atoms with Gasteiger partial charge in [-0.2, -0.15) is 13.2 Å². The van der Waals surface area contributed by atoms with E-state index in [0.717, 1.165) is 4.90 Å². The van der Waals surface area contributed by atoms with E-state index < -0.39 is 23.5 Å². The van der Waals surface area contributed by atoms with E-state index in [4.69, 9.17) is 4.74 Å². The molecule has 0 spiro atoms. The van der Waals surface area contributed by atoms with Crippen LogP contribution in [0.1, 0.15) is 39.0 Å². The van der Waals surface area contributed by atoms with Crippen LogP contribution in [0.2, 0.25) is 0 Å². The molecule has 3 aliphatic carbocycles. The van der Waals surface area contributed by atoms with Gasteiger partial charge in [-0.05, 0) is 48.9 Å². The minimum Gasteiger partial charge on any atom is -0.468 e. The average Bonchev–Trinajstić information content (AvgIpc) is 3.03. The smallest absolute Gasteiger partial charge is 0.468 e. The molecule has 2 saturated carbocycles. The first-order valence-electron chi connectivity index (χ1n) is 10.2. The molecule has 0 aromatic carbocycles. The summed E-state index contributed by atoms with van der Waals surface area (Å²) in [5.41, 5.74) is -1.33. The number of amides is 1. The Kier molecular flexibility index (Phi) is 4.63. The molecule has 0 N–H and O–H groups in total. The van der Waals surface area contributed by atoms with Crippen LogP contribution in [0, 0.1) is 34.5 Å². The molecule has 3 fully saturated rings. The Morgan fingerprint density at radius 3 is 2.55 bits per heavy atom. The number of ether oxygens (including phenoxy) is 1. The average molecular weight is 413 g/mol. The molecule has 0 bridgehead atoms. The molecule has 4 aliphatic rings. The Hall–Kier alpha value is -1.86. The number of rotatable bonds is 1. The summed E-state index contributed by atoms with van der Waals surface area (Å²) in [7, 11) is 1.31. The van der Waals surface area contributed by atoms with E-state index in [1.807, 2.05) is 12.2 Å². The van der Waals surface area contributed by atoms with Crippen LogP contribution >= 0.6 is 0 Å². The summed E-state index contributed by atoms with van der Waals surface area (Å²) in [4.78, 5) is 37.9. The van der Waals surface area contributed by atoms with Crippen molar-refractivity contribution in [2.45, 2.75) is 45.2 Å². The van der Waals surface area contributed by atoms with Gasteiger partial charge in [0.15, 0.2) is 5.78 Å². The third-order valence-corrected chi connectivity index (χ3v) is 8.27. The van der Waals surface area contributed by atoms with Crippen LogP contribution < -0.4 is 0 Å². The summed E-state index contributed by atoms with van der Waals surface area (Å²) >= 11 is 0. The van der Waals surface area contributed by atoms with Gasteiger partial charge in [0.25, 0.3) is 0 Å². The van der Waals surface area contributed by atoms with E-state index >= 15 is 0 Å². The predicted molar refractivity (Wildman–Crippen MR) is 96.4 cm³/mol. The number of piperidine rings is 1. The van der Waals surface area contributed by atoms with Gasteiger partial charge < -0.3 is 9.64 Å². The third-order valence-electron chi connectivity index (χ3n) is 8.27. The van der Waals surface area contributed by atoms with Gasteiger partial charge in [0.2, 0.25) is 0 Å². The van der Waals surface area contributed by atoms with Crippen molar-refractivity contribution >= 4 is 17.7 Å². The van der Waals surface area contributed by atoms with Crippen molar-refractivity contribution in [1.82, 2.24) is 4.90 Å². The zero-order valence-corrected chi connectivity index (χ0v) is 16.6. The van der Waals surface area contributed by atoms with Gasteiger partial charge in [0.1, 0.15) is 5.41 Å². The predicted octanol–water partition coefficient (Wildman–Crippen LogP) is 3.14. The zero-order chi connectivity index (χ0) is 21.2. The van der Waals surface area contributed by atoms with Gasteiger partial charge in [0.05, 0.1) is 7.11 Å². The molecule has 160 valence electrons. The first kappa shape index (κ1) is 20.4. The maximum atomic E-state index is 12.9. The highest BCUT2D eigenvalue weighted by Gasteiger charge is 2.64. The van der Waals surface area contributed by atoms with Gasteiger partial charge in [0, 0.05) is 25.4 Å². The number of likely N-dealkylation sites (tertiary alicyclic amines) is 1. The van der Waals surface area contributed by atoms with E-state index in [0.29, 0.717) is 32.1 Å². The van der Waals surface area contributed by atoms with Gasteiger partial charge in [-0.25, -0.2) is 0 Å². The van der Waals surface area contributed by atoms with Gasteiger partial charge in [-0.1, -0.05) is 19.1 Å². The number of nitrogens with zero attached hydrogens (tertiary/aromatic N) is 1. The van der Waals surface area contributed by atoms with Crippen LogP contribution in [0.4, 0.5) is 13.2 Å². The van der Waals surface area contributed by atoms with Crippen molar-refractivity contribution in [2.75, 3.05) is 20.2 Å². The maximum absolute atomic E-state index is 12.9. The quantitative estimate of drug-likeness (QED) is 0.376. The minimum absolute atomic E-state index is 0.0282. The molecule has 4 rings (SSSR count). The Bertz CT molecular complexity index is 778. The summed E-state index contributed by atoms with van der Waals surface area (Å²) in [6, 6.07) is 0. The molecule has 1 aliphatic heterocycles. The SMILES string of the molecule is COC(=O)[C@]12CC[C@H]3[C@@H](C=C[C@@H]4CN(C(=O)C(F)(F)F)CC[C@@]43C)[C@@H]1CCC2=O. The van der Waals surface area contributed by atoms with Crippen molar-refractivity contribution in [2.24, 2.45) is 34.5 Å². The summed E-state index contributed by atoms with van der Waals surface area (Å²) in [6.07, 6.45) is 1.65. The largest absolute Gasteiger partial charge is 0.471 e. The molecule has 6 atom stereocenters. The molecule has 1 heterocycles. The zero-order valence-electron chi connectivity index (χ0n) is 16.6. The molecular formula is C21H26F3NO4. The second-order valence-electron chi connectivity index (χ2n) is 9.25. The van der Waals surface area contributed by atoms with Crippen LogP contribution in [0.3, 0.4) is 0 Å². The van der Waals surface area contributed by atoms with Crippen molar-refractivity contribution < 1.29 is 32.3 Å². The fourth-order valence-electron chi connectivity index (χ4n) is 6.72. The Balaban J connectivity index is 1.63. The van der Waals surface area contributed by atoms with Crippen LogP contribution in [0.15, 0.2) is 12.2 Å². The van der Waals surface area contributed by atoms with E-state index in [1.54, 1.807) is 0 Å². The number of esters is 1. The Morgan fingerprint density at radius 1 is 1.17 bits per heavy atom. The van der Waals surface area contributed by atoms with Gasteiger partial charge >= 0.3 is 18.1 Å². The minimum atomic E-state index is -4.86. The lowest BCUT2D eigenvalue weighted by molar-refractivity contribution is -0.190. The molecular weight excluding hydrogens is 387 g/mol. The number of halogens is 3. The summed E-state index contributed by atoms with van der Waals surface area (Å²) in [5, 5.41) is 0. The molecule has 5 nitrogen and oxygen atoms in total. The lowest BCUT2D eigenvalue weighted by Crippen LogP contribution is -2.59. The highest BCUT2D eigenvalue weighted by Crippen LogP contribution is 2.63. The number of ketones is 1. The first-order valence-corrected chi connectivity index (χ1v) is 10.2. The molecule has 1 amide bonds. The molecule has 8 heteroatoms. The highest BCUT2D eigenvalue weighted by atomic mass is 19.4. The van der Waals surface area contributed by atoms with Gasteiger partial charge in [-0.15, -0.1) is 0 Å². The van der Waals surface area contributed by atoms with Crippen molar-refractivity contribution in [3.8, 4) is 0 Å². The number of fused-ring (bicyclic) bond motifs is 5. The van der Waals surface area contributed by atoms with E-state index in [9.17, 15) is 27.6 Å². The Morgan fingerprint density at radius 2 is 1.90 bits per heavy atom. The summed E-state index contributed by atoms with van der Waals surface area (Å²) < 4.78 is 43.6. The van der Waals surface area contributed by atoms with Crippen molar-refractivity contribution in [1.29, 1.82) is 0 Å². The normalized spacial score (nSPS) is 41.4. The lowest BCUT2D eigenvalue weighted by atomic mass is 9.48. The number of hydrogen-bond acceptors (Lipinski definition) is 4. The molecule has 0 aromatic heterocycles. The molecule has 29 heavy (non-hydrogen) atoms. The summed E-state index contributed by atoms with van der Waals surface area (Å²) in [5.74, 6) is -2.34. The maximum Gasteiger partial charge on any atom is 0.471 e. The van der Waals surface area contributed by atoms with Gasteiger partial charge in [-0.3, -0.25) is 14.4 Å². The lowest BCUT2D eigenvalue weighted by Gasteiger charge is -2.58. The van der Waals surface area contributed by atoms with E-state index in [2.05, 4.69) is 6.92 Å². The number of Topliss-reactive ketones (excluding diaryl/α,β-unsaturated/α-hetero) is 1. The summed E-state index contributed by atoms with van der Waals surface area (Å²) in [6.45, 7) is 2.23. The topological polar surface area (TPSA) is 63.7 Å². The fraction of sp³-hybridized carbons (Fsp3) is 0.762. The number of carbonyl (C=O) groups excluding carboxylic acids is 3. The van der Waals surface area contributed by atoms with Crippen LogP contribution in [-0.4, -0.2) is 48.9 Å². The second kappa shape index (κ2) is 6.57. The standard InChI is InChI=1S/C21H26F3NO4/c1-19-9-10-25(17(27)21(22,23)24)11-12(19)3-4-13-14(19)7-8-20(18(28)29-2)15(13)5-6-16(20)26/h3-4,12-15H,5-11H2,1-2H3/t12-,13-,14+,15+,19+,20-/m1/s1. The molecule has 1 saturated heterocycles. The molecule has 0 aromatic rings. The molecule has 0 radical (unpaired) electrons. The number of methoxy groups -OCH3 is 1. The number of alkyl halides is 3. The van der Waals surface area contributed by atoms with E-state index in [-0.39, 0.29) is 48.0 Å².